The van der Waals surface area contributed by atoms with E-state index in [1.54, 1.807) is 7.11 Å². The van der Waals surface area contributed by atoms with Crippen molar-refractivity contribution in [2.24, 2.45) is 5.92 Å². The number of nitrogens with one attached hydrogen (secondary N) is 2. The fraction of sp³-hybridized carbons (Fsp3) is 0.923. The van der Waals surface area contributed by atoms with E-state index in [-0.39, 0.29) is 11.9 Å². The number of rotatable bonds is 7. The van der Waals surface area contributed by atoms with Gasteiger partial charge in [-0.3, -0.25) is 4.79 Å². The number of carbonyl (C=O) groups excluding carboxylic acids is 1. The van der Waals surface area contributed by atoms with Gasteiger partial charge < -0.3 is 20.3 Å². The number of nitrogens with zero attached hydrogens (tertiary/aromatic N) is 1. The Morgan fingerprint density at radius 2 is 2.33 bits per heavy atom. The predicted octanol–water partition coefficient (Wildman–Crippen LogP) is 0.0689. The highest BCUT2D eigenvalue weighted by Gasteiger charge is 2.19. The Morgan fingerprint density at radius 1 is 1.56 bits per heavy atom. The van der Waals surface area contributed by atoms with E-state index in [9.17, 15) is 4.79 Å². The maximum atomic E-state index is 11.7. The molecule has 0 aromatic rings. The van der Waals surface area contributed by atoms with Gasteiger partial charge in [0.05, 0.1) is 12.6 Å². The Hall–Kier alpha value is -0.650. The molecular formula is C13H27N3O2. The Morgan fingerprint density at radius 3 is 3.00 bits per heavy atom. The van der Waals surface area contributed by atoms with E-state index in [0.717, 1.165) is 13.1 Å². The highest BCUT2D eigenvalue weighted by molar-refractivity contribution is 5.81. The molecule has 18 heavy (non-hydrogen) atoms. The maximum absolute atomic E-state index is 11.7. The number of piperidine rings is 1. The molecule has 2 atom stereocenters. The molecule has 1 fully saturated rings. The number of amides is 1. The summed E-state index contributed by atoms with van der Waals surface area (Å²) in [5.41, 5.74) is 0. The first kappa shape index (κ1) is 15.4. The van der Waals surface area contributed by atoms with Crippen molar-refractivity contribution in [3.8, 4) is 0 Å². The summed E-state index contributed by atoms with van der Waals surface area (Å²) < 4.78 is 4.90. The lowest BCUT2D eigenvalue weighted by atomic mass is 9.98. The summed E-state index contributed by atoms with van der Waals surface area (Å²) in [6, 6.07) is -0.130. The Balaban J connectivity index is 2.15. The van der Waals surface area contributed by atoms with Gasteiger partial charge in [-0.2, -0.15) is 0 Å². The van der Waals surface area contributed by atoms with Crippen LogP contribution in [0, 0.1) is 5.92 Å². The Kier molecular flexibility index (Phi) is 7.23. The minimum Gasteiger partial charge on any atom is -0.383 e. The molecule has 2 unspecified atom stereocenters. The van der Waals surface area contributed by atoms with Crippen LogP contribution in [0.15, 0.2) is 0 Å². The van der Waals surface area contributed by atoms with Crippen LogP contribution in [0.4, 0.5) is 0 Å². The summed E-state index contributed by atoms with van der Waals surface area (Å²) in [6.45, 7) is 6.30. The van der Waals surface area contributed by atoms with Gasteiger partial charge in [0, 0.05) is 20.2 Å². The molecule has 5 nitrogen and oxygen atoms in total. The normalized spacial score (nSPS) is 22.7. The van der Waals surface area contributed by atoms with Crippen molar-refractivity contribution in [3.63, 3.8) is 0 Å². The lowest BCUT2D eigenvalue weighted by Gasteiger charge is -2.30. The summed E-state index contributed by atoms with van der Waals surface area (Å²) in [5.74, 6) is 0.717. The van der Waals surface area contributed by atoms with Crippen molar-refractivity contribution >= 4 is 5.91 Å². The molecule has 0 saturated carbocycles. The number of methoxy groups -OCH3 is 1. The first-order valence-corrected chi connectivity index (χ1v) is 6.82. The quantitative estimate of drug-likeness (QED) is 0.634. The first-order valence-electron chi connectivity index (χ1n) is 6.82. The van der Waals surface area contributed by atoms with E-state index in [1.165, 1.54) is 19.4 Å². The predicted molar refractivity (Wildman–Crippen MR) is 72.6 cm³/mol. The molecule has 0 aliphatic carbocycles. The second kappa shape index (κ2) is 8.45. The maximum Gasteiger partial charge on any atom is 0.236 e. The lowest BCUT2D eigenvalue weighted by Crippen LogP contribution is -2.46. The summed E-state index contributed by atoms with van der Waals surface area (Å²) in [4.78, 5) is 14.1. The van der Waals surface area contributed by atoms with Crippen molar-refractivity contribution < 1.29 is 9.53 Å². The zero-order valence-corrected chi connectivity index (χ0v) is 11.9. The van der Waals surface area contributed by atoms with Crippen LogP contribution < -0.4 is 10.6 Å². The van der Waals surface area contributed by atoms with Crippen LogP contribution >= 0.6 is 0 Å². The third-order valence-electron chi connectivity index (χ3n) is 3.43. The second-order valence-electron chi connectivity index (χ2n) is 5.18. The molecule has 0 bridgehead atoms. The summed E-state index contributed by atoms with van der Waals surface area (Å²) in [6.07, 6.45) is 2.52. The minimum absolute atomic E-state index is 0.0521. The number of hydrogen-bond donors (Lipinski definition) is 2. The fourth-order valence-corrected chi connectivity index (χ4v) is 2.31. The van der Waals surface area contributed by atoms with E-state index in [2.05, 4.69) is 22.6 Å². The summed E-state index contributed by atoms with van der Waals surface area (Å²) in [7, 11) is 3.79. The summed E-state index contributed by atoms with van der Waals surface area (Å²) in [5, 5.41) is 6.16. The van der Waals surface area contributed by atoms with Crippen molar-refractivity contribution in [1.82, 2.24) is 15.5 Å². The van der Waals surface area contributed by atoms with Gasteiger partial charge in [-0.25, -0.2) is 0 Å². The van der Waals surface area contributed by atoms with Crippen molar-refractivity contribution in [1.29, 1.82) is 0 Å². The topological polar surface area (TPSA) is 53.6 Å². The highest BCUT2D eigenvalue weighted by atomic mass is 16.5. The van der Waals surface area contributed by atoms with Gasteiger partial charge in [-0.15, -0.1) is 0 Å². The van der Waals surface area contributed by atoms with Crippen molar-refractivity contribution in [2.45, 2.75) is 25.8 Å². The molecule has 5 heteroatoms. The standard InChI is InChI=1S/C13H27N3O2/c1-11(13(17)14-6-8-18-3)15-9-12-5-4-7-16(2)10-12/h11-12,15H,4-10H2,1-3H3,(H,14,17). The van der Waals surface area contributed by atoms with Crippen LogP contribution in [-0.2, 0) is 9.53 Å². The van der Waals surface area contributed by atoms with Crippen LogP contribution in [0.1, 0.15) is 19.8 Å². The van der Waals surface area contributed by atoms with Crippen LogP contribution in [0.2, 0.25) is 0 Å². The SMILES string of the molecule is COCCNC(=O)C(C)NCC1CCCN(C)C1. The molecule has 106 valence electrons. The van der Waals surface area contributed by atoms with Crippen molar-refractivity contribution in [3.05, 3.63) is 0 Å². The largest absolute Gasteiger partial charge is 0.383 e. The van der Waals surface area contributed by atoms with Gasteiger partial charge in [0.1, 0.15) is 0 Å². The van der Waals surface area contributed by atoms with Gasteiger partial charge in [0.15, 0.2) is 0 Å². The second-order valence-corrected chi connectivity index (χ2v) is 5.18. The molecule has 1 aliphatic rings. The molecule has 1 saturated heterocycles. The van der Waals surface area contributed by atoms with E-state index in [0.29, 0.717) is 19.1 Å². The molecule has 0 radical (unpaired) electrons. The van der Waals surface area contributed by atoms with Crippen LogP contribution in [0.3, 0.4) is 0 Å². The average molecular weight is 257 g/mol. The smallest absolute Gasteiger partial charge is 0.236 e. The molecule has 2 N–H and O–H groups in total. The number of likely N-dealkylation sites (tertiary alicyclic amines) is 1. The Labute approximate surface area is 110 Å². The fourth-order valence-electron chi connectivity index (χ4n) is 2.31. The minimum atomic E-state index is -0.130. The van der Waals surface area contributed by atoms with Gasteiger partial charge in [-0.1, -0.05) is 0 Å². The Bertz CT molecular complexity index is 248. The third kappa shape index (κ3) is 5.80. The van der Waals surface area contributed by atoms with Gasteiger partial charge >= 0.3 is 0 Å². The number of hydrogen-bond acceptors (Lipinski definition) is 4. The summed E-state index contributed by atoms with van der Waals surface area (Å²) >= 11 is 0. The lowest BCUT2D eigenvalue weighted by molar-refractivity contribution is -0.123. The average Bonchev–Trinajstić information content (AvgIpc) is 2.36. The van der Waals surface area contributed by atoms with Gasteiger partial charge in [-0.05, 0) is 45.8 Å². The van der Waals surface area contributed by atoms with Gasteiger partial charge in [0.25, 0.3) is 0 Å². The zero-order chi connectivity index (χ0) is 13.4. The molecule has 1 rings (SSSR count). The van der Waals surface area contributed by atoms with Gasteiger partial charge in [0.2, 0.25) is 5.91 Å². The van der Waals surface area contributed by atoms with Crippen LogP contribution in [0.25, 0.3) is 0 Å². The molecule has 1 heterocycles. The van der Waals surface area contributed by atoms with Crippen LogP contribution in [0.5, 0.6) is 0 Å². The monoisotopic (exact) mass is 257 g/mol. The number of ether oxygens (including phenoxy) is 1. The van der Waals surface area contributed by atoms with E-state index in [1.807, 2.05) is 6.92 Å². The van der Waals surface area contributed by atoms with Crippen molar-refractivity contribution in [2.75, 3.05) is 46.9 Å². The third-order valence-corrected chi connectivity index (χ3v) is 3.43. The number of carbonyl (C=O) groups is 1. The molecule has 1 amide bonds. The molecule has 0 aromatic heterocycles. The first-order chi connectivity index (χ1) is 8.63. The zero-order valence-electron chi connectivity index (χ0n) is 11.9. The molecular weight excluding hydrogens is 230 g/mol. The molecule has 0 aromatic carbocycles. The van der Waals surface area contributed by atoms with E-state index >= 15 is 0 Å². The van der Waals surface area contributed by atoms with E-state index in [4.69, 9.17) is 4.74 Å². The van der Waals surface area contributed by atoms with E-state index < -0.39 is 0 Å². The highest BCUT2D eigenvalue weighted by Crippen LogP contribution is 2.13. The molecule has 0 spiro atoms. The molecule has 1 aliphatic heterocycles. The van der Waals surface area contributed by atoms with Crippen LogP contribution in [-0.4, -0.2) is 63.8 Å².